The van der Waals surface area contributed by atoms with Crippen molar-refractivity contribution in [1.82, 2.24) is 5.32 Å². The van der Waals surface area contributed by atoms with Gasteiger partial charge in [-0.1, -0.05) is 41.9 Å². The number of rotatable bonds is 5. The van der Waals surface area contributed by atoms with Gasteiger partial charge in [0.05, 0.1) is 0 Å². The van der Waals surface area contributed by atoms with Crippen LogP contribution in [0.1, 0.15) is 19.4 Å². The van der Waals surface area contributed by atoms with Crippen LogP contribution in [-0.4, -0.2) is 13.1 Å². The fraction of sp³-hybridized carbons (Fsp3) is 0.500. The van der Waals surface area contributed by atoms with Crippen LogP contribution in [0.15, 0.2) is 28.7 Å². The fourth-order valence-corrected chi connectivity index (χ4v) is 1.71. The predicted molar refractivity (Wildman–Crippen MR) is 68.7 cm³/mol. The summed E-state index contributed by atoms with van der Waals surface area (Å²) in [6.07, 6.45) is 0. The Balaban J connectivity index is 2.38. The van der Waals surface area contributed by atoms with Crippen molar-refractivity contribution in [3.63, 3.8) is 0 Å². The SMILES string of the molecule is CC(C)(CN)CNCc1cccc(Br)c1. The largest absolute Gasteiger partial charge is 0.330 e. The summed E-state index contributed by atoms with van der Waals surface area (Å²) in [5.41, 5.74) is 7.12. The lowest BCUT2D eigenvalue weighted by atomic mass is 9.94. The molecule has 0 saturated heterocycles. The van der Waals surface area contributed by atoms with E-state index < -0.39 is 0 Å². The molecule has 1 aromatic rings. The lowest BCUT2D eigenvalue weighted by Gasteiger charge is -2.22. The van der Waals surface area contributed by atoms with Crippen LogP contribution in [0.2, 0.25) is 0 Å². The van der Waals surface area contributed by atoms with Crippen LogP contribution in [0.5, 0.6) is 0 Å². The molecule has 0 aromatic heterocycles. The molecule has 3 heteroatoms. The van der Waals surface area contributed by atoms with Crippen LogP contribution < -0.4 is 11.1 Å². The van der Waals surface area contributed by atoms with E-state index in [0.29, 0.717) is 6.54 Å². The first-order valence-electron chi connectivity index (χ1n) is 5.19. The zero-order valence-corrected chi connectivity index (χ0v) is 11.0. The van der Waals surface area contributed by atoms with Gasteiger partial charge in [-0.05, 0) is 29.7 Å². The minimum absolute atomic E-state index is 0.173. The van der Waals surface area contributed by atoms with Crippen molar-refractivity contribution in [2.75, 3.05) is 13.1 Å². The average molecular weight is 271 g/mol. The van der Waals surface area contributed by atoms with Crippen molar-refractivity contribution < 1.29 is 0 Å². The molecule has 0 atom stereocenters. The summed E-state index contributed by atoms with van der Waals surface area (Å²) in [5.74, 6) is 0. The van der Waals surface area contributed by atoms with Gasteiger partial charge in [0, 0.05) is 17.6 Å². The van der Waals surface area contributed by atoms with Gasteiger partial charge in [0.1, 0.15) is 0 Å². The molecule has 84 valence electrons. The normalized spacial score (nSPS) is 11.7. The highest BCUT2D eigenvalue weighted by molar-refractivity contribution is 9.10. The number of benzene rings is 1. The molecule has 0 heterocycles. The second kappa shape index (κ2) is 5.64. The van der Waals surface area contributed by atoms with Gasteiger partial charge in [-0.3, -0.25) is 0 Å². The molecular weight excluding hydrogens is 252 g/mol. The third kappa shape index (κ3) is 4.78. The summed E-state index contributed by atoms with van der Waals surface area (Å²) < 4.78 is 1.12. The number of halogens is 1. The third-order valence-electron chi connectivity index (χ3n) is 2.37. The lowest BCUT2D eigenvalue weighted by Crippen LogP contribution is -2.35. The minimum atomic E-state index is 0.173. The van der Waals surface area contributed by atoms with Crippen molar-refractivity contribution in [1.29, 1.82) is 0 Å². The average Bonchev–Trinajstić information content (AvgIpc) is 2.18. The van der Waals surface area contributed by atoms with Gasteiger partial charge < -0.3 is 11.1 Å². The molecule has 0 aliphatic heterocycles. The van der Waals surface area contributed by atoms with Crippen LogP contribution in [0.4, 0.5) is 0 Å². The summed E-state index contributed by atoms with van der Waals surface area (Å²) in [4.78, 5) is 0. The lowest BCUT2D eigenvalue weighted by molar-refractivity contribution is 0.351. The van der Waals surface area contributed by atoms with Crippen LogP contribution in [0.3, 0.4) is 0 Å². The maximum atomic E-state index is 5.66. The molecule has 0 unspecified atom stereocenters. The number of hydrogen-bond acceptors (Lipinski definition) is 2. The first-order valence-corrected chi connectivity index (χ1v) is 5.98. The third-order valence-corrected chi connectivity index (χ3v) is 2.87. The number of nitrogens with two attached hydrogens (primary N) is 1. The Morgan fingerprint density at radius 3 is 2.73 bits per heavy atom. The van der Waals surface area contributed by atoms with Crippen LogP contribution in [-0.2, 0) is 6.54 Å². The molecule has 3 N–H and O–H groups in total. The molecule has 1 aromatic carbocycles. The van der Waals surface area contributed by atoms with E-state index in [2.05, 4.69) is 53.3 Å². The minimum Gasteiger partial charge on any atom is -0.330 e. The first kappa shape index (κ1) is 12.7. The summed E-state index contributed by atoms with van der Waals surface area (Å²) in [5, 5.41) is 3.42. The Labute approximate surface area is 100 Å². The van der Waals surface area contributed by atoms with E-state index >= 15 is 0 Å². The molecule has 0 bridgehead atoms. The van der Waals surface area contributed by atoms with Gasteiger partial charge in [0.2, 0.25) is 0 Å². The topological polar surface area (TPSA) is 38.0 Å². The molecule has 0 aliphatic carbocycles. The fourth-order valence-electron chi connectivity index (χ4n) is 1.26. The summed E-state index contributed by atoms with van der Waals surface area (Å²) in [7, 11) is 0. The summed E-state index contributed by atoms with van der Waals surface area (Å²) in [6.45, 7) is 6.87. The molecule has 0 fully saturated rings. The van der Waals surface area contributed by atoms with E-state index in [1.165, 1.54) is 5.56 Å². The van der Waals surface area contributed by atoms with E-state index in [9.17, 15) is 0 Å². The van der Waals surface area contributed by atoms with E-state index in [1.54, 1.807) is 0 Å². The van der Waals surface area contributed by atoms with Gasteiger partial charge in [-0.25, -0.2) is 0 Å². The molecule has 0 aliphatic rings. The monoisotopic (exact) mass is 270 g/mol. The summed E-state index contributed by atoms with van der Waals surface area (Å²) >= 11 is 3.46. The van der Waals surface area contributed by atoms with Crippen molar-refractivity contribution in [3.05, 3.63) is 34.3 Å². The van der Waals surface area contributed by atoms with Crippen LogP contribution >= 0.6 is 15.9 Å². The van der Waals surface area contributed by atoms with Gasteiger partial charge >= 0.3 is 0 Å². The highest BCUT2D eigenvalue weighted by Crippen LogP contribution is 2.13. The zero-order valence-electron chi connectivity index (χ0n) is 9.39. The Morgan fingerprint density at radius 1 is 1.40 bits per heavy atom. The van der Waals surface area contributed by atoms with E-state index in [0.717, 1.165) is 17.6 Å². The molecule has 0 amide bonds. The van der Waals surface area contributed by atoms with Crippen LogP contribution in [0.25, 0.3) is 0 Å². The van der Waals surface area contributed by atoms with Crippen molar-refractivity contribution >= 4 is 15.9 Å². The molecule has 15 heavy (non-hydrogen) atoms. The predicted octanol–water partition coefficient (Wildman–Crippen LogP) is 2.52. The highest BCUT2D eigenvalue weighted by Gasteiger charge is 2.14. The van der Waals surface area contributed by atoms with Gasteiger partial charge in [0.15, 0.2) is 0 Å². The molecule has 2 nitrogen and oxygen atoms in total. The maximum Gasteiger partial charge on any atom is 0.0206 e. The highest BCUT2D eigenvalue weighted by atomic mass is 79.9. The molecule has 0 radical (unpaired) electrons. The van der Waals surface area contributed by atoms with Gasteiger partial charge in [0.25, 0.3) is 0 Å². The van der Waals surface area contributed by atoms with Crippen molar-refractivity contribution in [2.24, 2.45) is 11.1 Å². The van der Waals surface area contributed by atoms with Gasteiger partial charge in [-0.15, -0.1) is 0 Å². The quantitative estimate of drug-likeness (QED) is 0.863. The molecule has 0 saturated carbocycles. The maximum absolute atomic E-state index is 5.66. The smallest absolute Gasteiger partial charge is 0.0206 e. The van der Waals surface area contributed by atoms with E-state index in [1.807, 2.05) is 6.07 Å². The van der Waals surface area contributed by atoms with E-state index in [-0.39, 0.29) is 5.41 Å². The molecular formula is C12H19BrN2. The second-order valence-electron chi connectivity index (χ2n) is 4.60. The Bertz CT molecular complexity index is 310. The van der Waals surface area contributed by atoms with Crippen LogP contribution in [0, 0.1) is 5.41 Å². The standard InChI is InChI=1S/C12H19BrN2/c1-12(2,8-14)9-15-7-10-4-3-5-11(13)6-10/h3-6,15H,7-9,14H2,1-2H3. The van der Waals surface area contributed by atoms with Crippen molar-refractivity contribution in [2.45, 2.75) is 20.4 Å². The van der Waals surface area contributed by atoms with Crippen molar-refractivity contribution in [3.8, 4) is 0 Å². The molecule has 1 rings (SSSR count). The Kier molecular flexibility index (Phi) is 4.77. The number of nitrogens with one attached hydrogen (secondary N) is 1. The Hall–Kier alpha value is -0.380. The Morgan fingerprint density at radius 2 is 2.13 bits per heavy atom. The summed E-state index contributed by atoms with van der Waals surface area (Å²) in [6, 6.07) is 8.33. The zero-order chi connectivity index (χ0) is 11.3. The number of hydrogen-bond donors (Lipinski definition) is 2. The second-order valence-corrected chi connectivity index (χ2v) is 5.52. The van der Waals surface area contributed by atoms with E-state index in [4.69, 9.17) is 5.73 Å². The molecule has 0 spiro atoms. The van der Waals surface area contributed by atoms with Gasteiger partial charge in [-0.2, -0.15) is 0 Å². The first-order chi connectivity index (χ1) is 7.03.